The van der Waals surface area contributed by atoms with Gasteiger partial charge in [-0.3, -0.25) is 4.79 Å². The molecular weight excluding hydrogens is 442 g/mol. The van der Waals surface area contributed by atoms with Gasteiger partial charge in [0, 0.05) is 16.9 Å². The minimum absolute atomic E-state index is 0.374. The van der Waals surface area contributed by atoms with E-state index in [1.807, 2.05) is 60.0 Å². The molecule has 0 saturated heterocycles. The molecule has 3 N–H and O–H groups in total. The Labute approximate surface area is 194 Å². The first-order valence-corrected chi connectivity index (χ1v) is 11.8. The quantitative estimate of drug-likeness (QED) is 0.329. The van der Waals surface area contributed by atoms with Gasteiger partial charge >= 0.3 is 0 Å². The molecule has 0 spiro atoms. The number of hydrogen-bond donors (Lipinski definition) is 2. The summed E-state index contributed by atoms with van der Waals surface area (Å²) in [5.74, 6) is 2.00. The second-order valence-electron chi connectivity index (χ2n) is 6.96. The highest BCUT2D eigenvalue weighted by Gasteiger charge is 2.16. The van der Waals surface area contributed by atoms with Crippen LogP contribution >= 0.6 is 23.1 Å². The topological polar surface area (TPSA) is 90.2 Å². The molecule has 0 aliphatic carbocycles. The molecule has 32 heavy (non-hydrogen) atoms. The number of benzene rings is 2. The van der Waals surface area contributed by atoms with E-state index in [4.69, 9.17) is 20.2 Å². The number of imidazole rings is 1. The maximum Gasteiger partial charge on any atom is 0.259 e. The standard InChI is InChI=1S/C24H23N3O3S2/c1-29-18-7-3-15(4-8-18)20-21(16-5-9-19(30-2)10-6-16)27-24(26-20)32-14-12-17-11-13-31-22(17)23(25)28/h3-11,13H,12,14H2,1-2H3,(H2,25,28)(H,26,27). The van der Waals surface area contributed by atoms with Gasteiger partial charge < -0.3 is 20.2 Å². The van der Waals surface area contributed by atoms with Gasteiger partial charge in [-0.25, -0.2) is 4.98 Å². The van der Waals surface area contributed by atoms with Crippen LogP contribution in [-0.4, -0.2) is 35.8 Å². The van der Waals surface area contributed by atoms with Crippen molar-refractivity contribution in [3.63, 3.8) is 0 Å². The Balaban J connectivity index is 1.60. The monoisotopic (exact) mass is 465 g/mol. The van der Waals surface area contributed by atoms with E-state index in [0.29, 0.717) is 4.88 Å². The van der Waals surface area contributed by atoms with Crippen molar-refractivity contribution in [1.29, 1.82) is 0 Å². The Morgan fingerprint density at radius 2 is 1.62 bits per heavy atom. The lowest BCUT2D eigenvalue weighted by Crippen LogP contribution is -2.11. The van der Waals surface area contributed by atoms with Crippen LogP contribution in [0.4, 0.5) is 0 Å². The second-order valence-corrected chi connectivity index (χ2v) is 8.96. The fourth-order valence-electron chi connectivity index (χ4n) is 3.35. The maximum absolute atomic E-state index is 11.6. The fraction of sp³-hybridized carbons (Fsp3) is 0.167. The molecule has 1 amide bonds. The molecule has 0 aliphatic rings. The maximum atomic E-state index is 11.6. The van der Waals surface area contributed by atoms with Crippen LogP contribution in [0, 0.1) is 0 Å². The average molecular weight is 466 g/mol. The number of thioether (sulfide) groups is 1. The molecule has 2 aromatic carbocycles. The molecule has 0 saturated carbocycles. The van der Waals surface area contributed by atoms with Gasteiger partial charge in [0.2, 0.25) is 0 Å². The van der Waals surface area contributed by atoms with E-state index >= 15 is 0 Å². The molecule has 2 aromatic heterocycles. The number of carbonyl (C=O) groups is 1. The van der Waals surface area contributed by atoms with Crippen molar-refractivity contribution >= 4 is 29.0 Å². The fourth-order valence-corrected chi connectivity index (χ4v) is 5.00. The summed E-state index contributed by atoms with van der Waals surface area (Å²) in [5.41, 5.74) is 10.3. The van der Waals surface area contributed by atoms with Crippen LogP contribution in [0.25, 0.3) is 22.5 Å². The number of amides is 1. The number of nitrogens with one attached hydrogen (secondary N) is 1. The third-order valence-corrected chi connectivity index (χ3v) is 6.85. The number of thiophene rings is 1. The molecule has 6 nitrogen and oxygen atoms in total. The van der Waals surface area contributed by atoms with Crippen LogP contribution < -0.4 is 15.2 Å². The van der Waals surface area contributed by atoms with Gasteiger partial charge in [-0.15, -0.1) is 11.3 Å². The van der Waals surface area contributed by atoms with Crippen LogP contribution in [-0.2, 0) is 6.42 Å². The third kappa shape index (κ3) is 4.81. The van der Waals surface area contributed by atoms with Crippen molar-refractivity contribution in [1.82, 2.24) is 9.97 Å². The van der Waals surface area contributed by atoms with Gasteiger partial charge in [-0.2, -0.15) is 0 Å². The average Bonchev–Trinajstić information content (AvgIpc) is 3.47. The molecule has 0 aliphatic heterocycles. The van der Waals surface area contributed by atoms with E-state index in [-0.39, 0.29) is 5.91 Å². The Bertz CT molecular complexity index is 1130. The highest BCUT2D eigenvalue weighted by molar-refractivity contribution is 7.99. The molecule has 0 fully saturated rings. The molecule has 0 atom stereocenters. The lowest BCUT2D eigenvalue weighted by molar-refractivity contribution is 0.100. The first-order valence-electron chi connectivity index (χ1n) is 9.97. The SMILES string of the molecule is COc1ccc(-c2nc(SCCc3ccsc3C(N)=O)[nH]c2-c2ccc(OC)cc2)cc1. The molecule has 8 heteroatoms. The second kappa shape index (κ2) is 9.93. The molecule has 0 unspecified atom stereocenters. The first kappa shape index (κ1) is 22.0. The lowest BCUT2D eigenvalue weighted by atomic mass is 10.0. The molecule has 2 heterocycles. The zero-order valence-electron chi connectivity index (χ0n) is 17.8. The van der Waals surface area contributed by atoms with Gasteiger partial charge in [0.1, 0.15) is 11.5 Å². The molecular formula is C24H23N3O3S2. The van der Waals surface area contributed by atoms with Crippen molar-refractivity contribution < 1.29 is 14.3 Å². The summed E-state index contributed by atoms with van der Waals surface area (Å²) in [6.45, 7) is 0. The highest BCUT2D eigenvalue weighted by Crippen LogP contribution is 2.34. The number of nitrogens with zero attached hydrogens (tertiary/aromatic N) is 1. The van der Waals surface area contributed by atoms with Gasteiger partial charge in [-0.1, -0.05) is 11.8 Å². The minimum Gasteiger partial charge on any atom is -0.497 e. The van der Waals surface area contributed by atoms with Crippen LogP contribution in [0.15, 0.2) is 65.1 Å². The number of ether oxygens (including phenoxy) is 2. The van der Waals surface area contributed by atoms with Crippen molar-refractivity contribution in [3.05, 3.63) is 70.4 Å². The van der Waals surface area contributed by atoms with E-state index in [1.54, 1.807) is 26.0 Å². The summed E-state index contributed by atoms with van der Waals surface area (Å²) >= 11 is 3.00. The number of methoxy groups -OCH3 is 2. The normalized spacial score (nSPS) is 10.8. The Morgan fingerprint density at radius 1 is 1.00 bits per heavy atom. The first-order chi connectivity index (χ1) is 15.6. The molecule has 4 rings (SSSR count). The van der Waals surface area contributed by atoms with Gasteiger partial charge in [0.05, 0.1) is 30.5 Å². The van der Waals surface area contributed by atoms with E-state index in [1.165, 1.54) is 11.3 Å². The van der Waals surface area contributed by atoms with Crippen molar-refractivity contribution in [2.24, 2.45) is 5.73 Å². The zero-order chi connectivity index (χ0) is 22.5. The van der Waals surface area contributed by atoms with Crippen molar-refractivity contribution in [2.75, 3.05) is 20.0 Å². The summed E-state index contributed by atoms with van der Waals surface area (Å²) in [7, 11) is 3.30. The number of hydrogen-bond acceptors (Lipinski definition) is 6. The molecule has 4 aromatic rings. The summed E-state index contributed by atoms with van der Waals surface area (Å²) in [6.07, 6.45) is 0.739. The van der Waals surface area contributed by atoms with Crippen LogP contribution in [0.5, 0.6) is 11.5 Å². The number of aryl methyl sites for hydroxylation is 1. The summed E-state index contributed by atoms with van der Waals surface area (Å²) < 4.78 is 10.6. The van der Waals surface area contributed by atoms with E-state index in [0.717, 1.165) is 56.9 Å². The molecule has 0 radical (unpaired) electrons. The number of aromatic nitrogens is 2. The van der Waals surface area contributed by atoms with E-state index in [2.05, 4.69) is 4.98 Å². The highest BCUT2D eigenvalue weighted by atomic mass is 32.2. The number of H-pyrrole nitrogens is 1. The minimum atomic E-state index is -0.374. The predicted molar refractivity (Wildman–Crippen MR) is 130 cm³/mol. The number of carbonyl (C=O) groups excluding carboxylic acids is 1. The zero-order valence-corrected chi connectivity index (χ0v) is 19.4. The summed E-state index contributed by atoms with van der Waals surface area (Å²) in [4.78, 5) is 20.5. The van der Waals surface area contributed by atoms with E-state index < -0.39 is 0 Å². The van der Waals surface area contributed by atoms with Crippen LogP contribution in [0.2, 0.25) is 0 Å². The molecule has 0 bridgehead atoms. The smallest absolute Gasteiger partial charge is 0.259 e. The van der Waals surface area contributed by atoms with Gasteiger partial charge in [-0.05, 0) is 72.0 Å². The summed E-state index contributed by atoms with van der Waals surface area (Å²) in [6, 6.07) is 17.7. The lowest BCUT2D eigenvalue weighted by Gasteiger charge is -2.06. The predicted octanol–water partition coefficient (Wildman–Crippen LogP) is 5.26. The number of nitrogens with two attached hydrogens (primary N) is 1. The number of aromatic amines is 1. The van der Waals surface area contributed by atoms with Crippen molar-refractivity contribution in [2.45, 2.75) is 11.6 Å². The Hall–Kier alpha value is -3.23. The van der Waals surface area contributed by atoms with E-state index in [9.17, 15) is 4.79 Å². The van der Waals surface area contributed by atoms with Gasteiger partial charge in [0.15, 0.2) is 5.16 Å². The largest absolute Gasteiger partial charge is 0.497 e. The third-order valence-electron chi connectivity index (χ3n) is 5.00. The summed E-state index contributed by atoms with van der Waals surface area (Å²) in [5, 5.41) is 2.72. The van der Waals surface area contributed by atoms with Crippen molar-refractivity contribution in [3.8, 4) is 34.0 Å². The van der Waals surface area contributed by atoms with Crippen LogP contribution in [0.1, 0.15) is 15.2 Å². The van der Waals surface area contributed by atoms with Crippen LogP contribution in [0.3, 0.4) is 0 Å². The Morgan fingerprint density at radius 3 is 2.22 bits per heavy atom. The molecule has 164 valence electrons. The van der Waals surface area contributed by atoms with Gasteiger partial charge in [0.25, 0.3) is 5.91 Å². The number of primary amides is 1. The number of rotatable bonds is 9. The Kier molecular flexibility index (Phi) is 6.82.